The van der Waals surface area contributed by atoms with Gasteiger partial charge in [0.1, 0.15) is 0 Å². The van der Waals surface area contributed by atoms with Crippen LogP contribution in [0.5, 0.6) is 0 Å². The van der Waals surface area contributed by atoms with E-state index in [0.29, 0.717) is 16.5 Å². The molecule has 2 nitrogen and oxygen atoms in total. The van der Waals surface area contributed by atoms with Gasteiger partial charge >= 0.3 is 0 Å². The van der Waals surface area contributed by atoms with Crippen LogP contribution < -0.4 is 4.90 Å². The molecule has 0 heterocycles. The summed E-state index contributed by atoms with van der Waals surface area (Å²) in [5.41, 5.74) is 1.58. The molecular weight excluding hydrogens is 208 g/mol. The molecule has 0 aliphatic heterocycles. The van der Waals surface area contributed by atoms with Crippen molar-refractivity contribution in [1.82, 2.24) is 0 Å². The Balaban J connectivity index is 2.91. The van der Waals surface area contributed by atoms with Crippen LogP contribution in [0.15, 0.2) is 18.2 Å². The van der Waals surface area contributed by atoms with Crippen LogP contribution in [0, 0.1) is 17.2 Å². The van der Waals surface area contributed by atoms with Gasteiger partial charge in [0.25, 0.3) is 0 Å². The average molecular weight is 223 g/mol. The second-order valence-corrected chi connectivity index (χ2v) is 4.46. The molecule has 0 aromatic heterocycles. The Labute approximate surface area is 96.1 Å². The number of hydrogen-bond donors (Lipinski definition) is 0. The summed E-state index contributed by atoms with van der Waals surface area (Å²) in [6.07, 6.45) is 0. The predicted octanol–water partition coefficient (Wildman–Crippen LogP) is 3.30. The van der Waals surface area contributed by atoms with Gasteiger partial charge in [0.15, 0.2) is 0 Å². The Bertz CT molecular complexity index is 380. The van der Waals surface area contributed by atoms with Crippen molar-refractivity contribution in [3.63, 3.8) is 0 Å². The normalized spacial score (nSPS) is 10.1. The molecule has 1 aromatic carbocycles. The van der Waals surface area contributed by atoms with Gasteiger partial charge in [-0.2, -0.15) is 5.26 Å². The summed E-state index contributed by atoms with van der Waals surface area (Å²) in [5, 5.41) is 9.35. The molecule has 1 aromatic rings. The van der Waals surface area contributed by atoms with Gasteiger partial charge in [-0.1, -0.05) is 25.4 Å². The fourth-order valence-electron chi connectivity index (χ4n) is 1.53. The number of halogens is 1. The molecule has 0 N–H and O–H groups in total. The lowest BCUT2D eigenvalue weighted by Crippen LogP contribution is -2.22. The van der Waals surface area contributed by atoms with Crippen LogP contribution in [0.3, 0.4) is 0 Å². The van der Waals surface area contributed by atoms with Crippen LogP contribution in [-0.4, -0.2) is 13.6 Å². The molecule has 0 bridgehead atoms. The van der Waals surface area contributed by atoms with Gasteiger partial charge in [-0.15, -0.1) is 0 Å². The van der Waals surface area contributed by atoms with Gasteiger partial charge in [-0.3, -0.25) is 0 Å². The minimum Gasteiger partial charge on any atom is -0.373 e. The molecule has 15 heavy (non-hydrogen) atoms. The molecule has 3 heteroatoms. The molecule has 0 radical (unpaired) electrons. The van der Waals surface area contributed by atoms with Crippen molar-refractivity contribution < 1.29 is 0 Å². The van der Waals surface area contributed by atoms with E-state index in [2.05, 4.69) is 24.8 Å². The topological polar surface area (TPSA) is 27.0 Å². The zero-order valence-electron chi connectivity index (χ0n) is 9.29. The van der Waals surface area contributed by atoms with Gasteiger partial charge in [0, 0.05) is 13.6 Å². The van der Waals surface area contributed by atoms with E-state index in [1.807, 2.05) is 13.1 Å². The van der Waals surface area contributed by atoms with E-state index in [1.54, 1.807) is 12.1 Å². The Morgan fingerprint density at radius 2 is 2.13 bits per heavy atom. The van der Waals surface area contributed by atoms with E-state index in [1.165, 1.54) is 0 Å². The fraction of sp³-hybridized carbons (Fsp3) is 0.417. The minimum atomic E-state index is 0.585. The van der Waals surface area contributed by atoms with Crippen LogP contribution in [0.25, 0.3) is 0 Å². The van der Waals surface area contributed by atoms with Gasteiger partial charge in [-0.05, 0) is 24.1 Å². The molecule has 0 fully saturated rings. The molecule has 0 saturated heterocycles. The molecule has 0 spiro atoms. The number of nitriles is 1. The Morgan fingerprint density at radius 3 is 2.60 bits per heavy atom. The lowest BCUT2D eigenvalue weighted by atomic mass is 10.1. The van der Waals surface area contributed by atoms with Crippen molar-refractivity contribution >= 4 is 17.3 Å². The first-order valence-electron chi connectivity index (χ1n) is 4.95. The second kappa shape index (κ2) is 5.04. The van der Waals surface area contributed by atoms with Gasteiger partial charge in [-0.25, -0.2) is 0 Å². The highest BCUT2D eigenvalue weighted by molar-refractivity contribution is 6.33. The quantitative estimate of drug-likeness (QED) is 0.785. The maximum atomic E-state index is 8.71. The maximum absolute atomic E-state index is 8.71. The van der Waals surface area contributed by atoms with Crippen LogP contribution >= 0.6 is 11.6 Å². The zero-order chi connectivity index (χ0) is 11.4. The second-order valence-electron chi connectivity index (χ2n) is 4.05. The molecule has 0 aliphatic carbocycles. The summed E-state index contributed by atoms with van der Waals surface area (Å²) in [5.74, 6) is 0.585. The van der Waals surface area contributed by atoms with Gasteiger partial charge < -0.3 is 4.90 Å². The van der Waals surface area contributed by atoms with Crippen molar-refractivity contribution in [2.45, 2.75) is 13.8 Å². The summed E-state index contributed by atoms with van der Waals surface area (Å²) in [6, 6.07) is 7.46. The third kappa shape index (κ3) is 3.14. The van der Waals surface area contributed by atoms with Crippen molar-refractivity contribution in [3.05, 3.63) is 28.8 Å². The molecule has 0 saturated carbocycles. The first-order valence-corrected chi connectivity index (χ1v) is 5.33. The number of anilines is 1. The van der Waals surface area contributed by atoms with E-state index in [9.17, 15) is 0 Å². The number of hydrogen-bond acceptors (Lipinski definition) is 2. The molecule has 80 valence electrons. The van der Waals surface area contributed by atoms with Crippen LogP contribution in [-0.2, 0) is 0 Å². The monoisotopic (exact) mass is 222 g/mol. The zero-order valence-corrected chi connectivity index (χ0v) is 10.0. The van der Waals surface area contributed by atoms with Crippen molar-refractivity contribution in [2.75, 3.05) is 18.5 Å². The summed E-state index contributed by atoms with van der Waals surface area (Å²) < 4.78 is 0. The number of rotatable bonds is 3. The number of nitrogens with zero attached hydrogens (tertiary/aromatic N) is 2. The summed E-state index contributed by atoms with van der Waals surface area (Å²) in [6.45, 7) is 5.27. The highest BCUT2D eigenvalue weighted by Crippen LogP contribution is 2.26. The summed E-state index contributed by atoms with van der Waals surface area (Å²) >= 11 is 6.09. The van der Waals surface area contributed by atoms with E-state index in [4.69, 9.17) is 16.9 Å². The standard InChI is InChI=1S/C12H15ClN2/c1-9(2)8-15(3)12-5-4-10(7-14)6-11(12)13/h4-6,9H,8H2,1-3H3. The first kappa shape index (κ1) is 11.9. The molecule has 0 aliphatic rings. The fourth-order valence-corrected chi connectivity index (χ4v) is 1.86. The molecule has 0 unspecified atom stereocenters. The van der Waals surface area contributed by atoms with Crippen molar-refractivity contribution in [3.8, 4) is 6.07 Å². The Kier molecular flexibility index (Phi) is 3.99. The van der Waals surface area contributed by atoms with E-state index in [-0.39, 0.29) is 0 Å². The highest BCUT2D eigenvalue weighted by atomic mass is 35.5. The Hall–Kier alpha value is -1.20. The van der Waals surface area contributed by atoms with E-state index in [0.717, 1.165) is 12.2 Å². The van der Waals surface area contributed by atoms with E-state index >= 15 is 0 Å². The van der Waals surface area contributed by atoms with Crippen molar-refractivity contribution in [2.24, 2.45) is 5.92 Å². The lowest BCUT2D eigenvalue weighted by molar-refractivity contribution is 0.638. The smallest absolute Gasteiger partial charge is 0.0992 e. The molecule has 1 rings (SSSR count). The van der Waals surface area contributed by atoms with E-state index < -0.39 is 0 Å². The Morgan fingerprint density at radius 1 is 1.47 bits per heavy atom. The number of benzene rings is 1. The van der Waals surface area contributed by atoms with Gasteiger partial charge in [0.2, 0.25) is 0 Å². The minimum absolute atomic E-state index is 0.585. The predicted molar refractivity (Wildman–Crippen MR) is 64.3 cm³/mol. The molecular formula is C12H15ClN2. The SMILES string of the molecule is CC(C)CN(C)c1ccc(C#N)cc1Cl. The lowest BCUT2D eigenvalue weighted by Gasteiger charge is -2.22. The maximum Gasteiger partial charge on any atom is 0.0992 e. The van der Waals surface area contributed by atoms with Crippen LogP contribution in [0.1, 0.15) is 19.4 Å². The first-order chi connectivity index (χ1) is 7.04. The van der Waals surface area contributed by atoms with Gasteiger partial charge in [0.05, 0.1) is 22.3 Å². The third-order valence-corrected chi connectivity index (χ3v) is 2.43. The highest BCUT2D eigenvalue weighted by Gasteiger charge is 2.08. The largest absolute Gasteiger partial charge is 0.373 e. The average Bonchev–Trinajstić information content (AvgIpc) is 2.16. The molecule has 0 amide bonds. The van der Waals surface area contributed by atoms with Crippen molar-refractivity contribution in [1.29, 1.82) is 5.26 Å². The summed E-state index contributed by atoms with van der Waals surface area (Å²) in [7, 11) is 2.01. The van der Waals surface area contributed by atoms with Crippen LogP contribution in [0.4, 0.5) is 5.69 Å². The van der Waals surface area contributed by atoms with Crippen LogP contribution in [0.2, 0.25) is 5.02 Å². The third-order valence-electron chi connectivity index (χ3n) is 2.13. The molecule has 0 atom stereocenters. The summed E-state index contributed by atoms with van der Waals surface area (Å²) in [4.78, 5) is 2.11.